The molecule has 1 aromatic rings. The predicted octanol–water partition coefficient (Wildman–Crippen LogP) is 3.59. The topological polar surface area (TPSA) is 52.0 Å². The summed E-state index contributed by atoms with van der Waals surface area (Å²) in [5.41, 5.74) is 10.1. The Labute approximate surface area is 89.5 Å². The first-order valence-corrected chi connectivity index (χ1v) is 4.81. The Kier molecular flexibility index (Phi) is 4.26. The van der Waals surface area contributed by atoms with Crippen LogP contribution < -0.4 is 0 Å². The fourth-order valence-corrected chi connectivity index (χ4v) is 1.31. The molecule has 0 heterocycles. The van der Waals surface area contributed by atoms with E-state index in [9.17, 15) is 0 Å². The van der Waals surface area contributed by atoms with Gasteiger partial charge in [0.2, 0.25) is 0 Å². The third kappa shape index (κ3) is 3.04. The fraction of sp³-hybridized carbons (Fsp3) is 0.273. The predicted molar refractivity (Wildman–Crippen MR) is 61.5 cm³/mol. The highest BCUT2D eigenvalue weighted by molar-refractivity contribution is 5.45. The third-order valence-corrected chi connectivity index (χ3v) is 2.18. The Morgan fingerprint density at radius 1 is 1.53 bits per heavy atom. The second-order valence-electron chi connectivity index (χ2n) is 3.06. The van der Waals surface area contributed by atoms with Gasteiger partial charge in [-0.15, -0.1) is 0 Å². The van der Waals surface area contributed by atoms with Crippen molar-refractivity contribution in [1.82, 2.24) is 4.90 Å². The Balaban J connectivity index is 2.92. The molecule has 0 bridgehead atoms. The minimum Gasteiger partial charge on any atom is -0.374 e. The van der Waals surface area contributed by atoms with Crippen LogP contribution in [0.3, 0.4) is 0 Å². The van der Waals surface area contributed by atoms with E-state index in [1.54, 1.807) is 6.20 Å². The van der Waals surface area contributed by atoms with Crippen LogP contribution >= 0.6 is 0 Å². The molecule has 0 atom stereocenters. The molecule has 0 aliphatic rings. The van der Waals surface area contributed by atoms with E-state index in [0.29, 0.717) is 5.69 Å². The van der Waals surface area contributed by atoms with Gasteiger partial charge in [0.05, 0.1) is 0 Å². The molecule has 1 aromatic carbocycles. The van der Waals surface area contributed by atoms with Crippen molar-refractivity contribution in [2.45, 2.75) is 13.5 Å². The van der Waals surface area contributed by atoms with Crippen molar-refractivity contribution in [2.75, 3.05) is 6.54 Å². The fourth-order valence-electron chi connectivity index (χ4n) is 1.31. The lowest BCUT2D eigenvalue weighted by Gasteiger charge is -2.18. The maximum Gasteiger partial charge on any atom is 0.0428 e. The van der Waals surface area contributed by atoms with Crippen LogP contribution in [0.25, 0.3) is 10.4 Å². The van der Waals surface area contributed by atoms with E-state index in [1.165, 1.54) is 0 Å². The van der Waals surface area contributed by atoms with Crippen molar-refractivity contribution >= 4 is 5.69 Å². The van der Waals surface area contributed by atoms with Crippen molar-refractivity contribution in [1.29, 1.82) is 0 Å². The summed E-state index contributed by atoms with van der Waals surface area (Å²) in [5.74, 6) is 0. The molecule has 0 spiro atoms. The molecule has 0 radical (unpaired) electrons. The standard InChI is InChI=1S/C11H14N4/c1-3-15(4-2)9-10-7-5-6-8-11(10)13-14-12/h3,5-8H,1,4,9H2,2H3. The molecule has 1 rings (SSSR count). The van der Waals surface area contributed by atoms with E-state index in [1.807, 2.05) is 29.2 Å². The molecule has 15 heavy (non-hydrogen) atoms. The number of hydrogen-bond acceptors (Lipinski definition) is 2. The van der Waals surface area contributed by atoms with Crippen LogP contribution in [0.1, 0.15) is 12.5 Å². The van der Waals surface area contributed by atoms with Crippen molar-refractivity contribution < 1.29 is 0 Å². The van der Waals surface area contributed by atoms with Crippen LogP contribution in [-0.4, -0.2) is 11.4 Å². The third-order valence-electron chi connectivity index (χ3n) is 2.18. The highest BCUT2D eigenvalue weighted by Crippen LogP contribution is 2.20. The first-order chi connectivity index (χ1) is 7.31. The summed E-state index contributed by atoms with van der Waals surface area (Å²) in [7, 11) is 0. The van der Waals surface area contributed by atoms with Gasteiger partial charge in [-0.05, 0) is 24.2 Å². The van der Waals surface area contributed by atoms with Gasteiger partial charge < -0.3 is 4.90 Å². The molecule has 0 aliphatic heterocycles. The van der Waals surface area contributed by atoms with Crippen LogP contribution in [0.4, 0.5) is 5.69 Å². The Hall–Kier alpha value is -1.93. The lowest BCUT2D eigenvalue weighted by molar-refractivity contribution is 0.391. The Morgan fingerprint density at radius 2 is 2.27 bits per heavy atom. The zero-order chi connectivity index (χ0) is 11.1. The summed E-state index contributed by atoms with van der Waals surface area (Å²) in [5, 5.41) is 3.65. The molecule has 4 heteroatoms. The zero-order valence-electron chi connectivity index (χ0n) is 8.80. The van der Waals surface area contributed by atoms with Gasteiger partial charge >= 0.3 is 0 Å². The minimum atomic E-state index is 0.681. The van der Waals surface area contributed by atoms with Gasteiger partial charge in [-0.1, -0.05) is 36.0 Å². The van der Waals surface area contributed by atoms with E-state index >= 15 is 0 Å². The molecule has 78 valence electrons. The molecule has 0 unspecified atom stereocenters. The van der Waals surface area contributed by atoms with Crippen LogP contribution in [0.2, 0.25) is 0 Å². The lowest BCUT2D eigenvalue weighted by Crippen LogP contribution is -2.15. The van der Waals surface area contributed by atoms with Crippen molar-refractivity contribution in [3.05, 3.63) is 53.1 Å². The molecule has 0 aromatic heterocycles. The van der Waals surface area contributed by atoms with Gasteiger partial charge in [-0.3, -0.25) is 0 Å². The van der Waals surface area contributed by atoms with E-state index in [-0.39, 0.29) is 0 Å². The van der Waals surface area contributed by atoms with Gasteiger partial charge in [0, 0.05) is 23.7 Å². The van der Waals surface area contributed by atoms with Crippen LogP contribution in [-0.2, 0) is 6.54 Å². The van der Waals surface area contributed by atoms with E-state index < -0.39 is 0 Å². The van der Waals surface area contributed by atoms with E-state index in [2.05, 4.69) is 23.5 Å². The molecular weight excluding hydrogens is 188 g/mol. The molecule has 0 N–H and O–H groups in total. The monoisotopic (exact) mass is 202 g/mol. The molecular formula is C11H14N4. The number of nitrogens with zero attached hydrogens (tertiary/aromatic N) is 4. The summed E-state index contributed by atoms with van der Waals surface area (Å²) in [6.07, 6.45) is 1.78. The molecule has 0 amide bonds. The average molecular weight is 202 g/mol. The van der Waals surface area contributed by atoms with E-state index in [4.69, 9.17) is 5.53 Å². The molecule has 0 fully saturated rings. The number of azide groups is 1. The zero-order valence-corrected chi connectivity index (χ0v) is 8.80. The Bertz CT molecular complexity index is 380. The first-order valence-electron chi connectivity index (χ1n) is 4.81. The quantitative estimate of drug-likeness (QED) is 0.409. The number of hydrogen-bond donors (Lipinski definition) is 0. The molecule has 4 nitrogen and oxygen atoms in total. The summed E-state index contributed by atoms with van der Waals surface area (Å²) in [6, 6.07) is 7.56. The summed E-state index contributed by atoms with van der Waals surface area (Å²) in [6.45, 7) is 7.38. The van der Waals surface area contributed by atoms with Gasteiger partial charge in [0.15, 0.2) is 0 Å². The van der Waals surface area contributed by atoms with Gasteiger partial charge in [0.25, 0.3) is 0 Å². The summed E-state index contributed by atoms with van der Waals surface area (Å²) < 4.78 is 0. The maximum atomic E-state index is 8.42. The van der Waals surface area contributed by atoms with Gasteiger partial charge in [0.1, 0.15) is 0 Å². The molecule has 0 saturated heterocycles. The van der Waals surface area contributed by atoms with Crippen molar-refractivity contribution in [3.63, 3.8) is 0 Å². The van der Waals surface area contributed by atoms with Crippen LogP contribution in [0, 0.1) is 0 Å². The Morgan fingerprint density at radius 3 is 2.87 bits per heavy atom. The first kappa shape index (κ1) is 11.1. The minimum absolute atomic E-state index is 0.681. The normalized spacial score (nSPS) is 9.13. The smallest absolute Gasteiger partial charge is 0.0428 e. The largest absolute Gasteiger partial charge is 0.374 e. The number of benzene rings is 1. The number of rotatable bonds is 5. The van der Waals surface area contributed by atoms with Crippen LogP contribution in [0.5, 0.6) is 0 Å². The summed E-state index contributed by atoms with van der Waals surface area (Å²) in [4.78, 5) is 4.85. The van der Waals surface area contributed by atoms with Crippen molar-refractivity contribution in [3.8, 4) is 0 Å². The summed E-state index contributed by atoms with van der Waals surface area (Å²) >= 11 is 0. The SMILES string of the molecule is C=CN(CC)Cc1ccccc1N=[N+]=[N-]. The van der Waals surface area contributed by atoms with Crippen molar-refractivity contribution in [2.24, 2.45) is 5.11 Å². The molecule has 0 aliphatic carbocycles. The van der Waals surface area contributed by atoms with Gasteiger partial charge in [-0.2, -0.15) is 0 Å². The van der Waals surface area contributed by atoms with Crippen LogP contribution in [0.15, 0.2) is 42.2 Å². The highest BCUT2D eigenvalue weighted by atomic mass is 15.1. The average Bonchev–Trinajstić information content (AvgIpc) is 2.28. The molecule has 0 saturated carbocycles. The highest BCUT2D eigenvalue weighted by Gasteiger charge is 2.02. The second-order valence-corrected chi connectivity index (χ2v) is 3.06. The van der Waals surface area contributed by atoms with E-state index in [0.717, 1.165) is 18.7 Å². The maximum absolute atomic E-state index is 8.42. The lowest BCUT2D eigenvalue weighted by atomic mass is 10.1. The van der Waals surface area contributed by atoms with Gasteiger partial charge in [-0.25, -0.2) is 0 Å². The second kappa shape index (κ2) is 5.73.